The van der Waals surface area contributed by atoms with E-state index in [1.54, 1.807) is 25.1 Å². The number of nitrogens with zero attached hydrogens (tertiary/aromatic N) is 2. The van der Waals surface area contributed by atoms with Gasteiger partial charge in [-0.1, -0.05) is 54.7 Å². The van der Waals surface area contributed by atoms with Crippen molar-refractivity contribution >= 4 is 62.3 Å². The van der Waals surface area contributed by atoms with Crippen molar-refractivity contribution < 1.29 is 22.7 Å². The van der Waals surface area contributed by atoms with Crippen LogP contribution in [0.1, 0.15) is 32.3 Å². The van der Waals surface area contributed by atoms with E-state index in [9.17, 15) is 18.0 Å². The average molecular weight is 641 g/mol. The van der Waals surface area contributed by atoms with Crippen LogP contribution >= 0.6 is 34.8 Å². The minimum Gasteiger partial charge on any atom is -0.497 e. The van der Waals surface area contributed by atoms with Gasteiger partial charge < -0.3 is 15.0 Å². The molecule has 3 aromatic carbocycles. The standard InChI is InChI=1S/C29H32Cl3N3O5S/c1-4-16-33-29(37)27(5-2)34(18-20-6-7-22(31)17-26(20)32)28(36)19-35(23-10-8-21(30)9-11-23)41(38,39)25-14-12-24(40-3)13-15-25/h6-15,17,27H,4-5,16,18-19H2,1-3H3,(H,33,37)/t27-/m1/s1. The molecule has 0 saturated heterocycles. The van der Waals surface area contributed by atoms with Gasteiger partial charge in [0.1, 0.15) is 18.3 Å². The zero-order valence-corrected chi connectivity index (χ0v) is 26.0. The Balaban J connectivity index is 2.07. The van der Waals surface area contributed by atoms with Gasteiger partial charge in [0.15, 0.2) is 0 Å². The highest BCUT2D eigenvalue weighted by Crippen LogP contribution is 2.28. The predicted molar refractivity (Wildman–Crippen MR) is 163 cm³/mol. The first-order chi connectivity index (χ1) is 19.5. The van der Waals surface area contributed by atoms with Gasteiger partial charge in [0.05, 0.1) is 17.7 Å². The van der Waals surface area contributed by atoms with E-state index in [1.165, 1.54) is 60.5 Å². The highest BCUT2D eigenvalue weighted by Gasteiger charge is 2.34. The van der Waals surface area contributed by atoms with Crippen LogP contribution in [0.25, 0.3) is 0 Å². The maximum Gasteiger partial charge on any atom is 0.264 e. The lowest BCUT2D eigenvalue weighted by molar-refractivity contribution is -0.140. The quantitative estimate of drug-likeness (QED) is 0.241. The van der Waals surface area contributed by atoms with Gasteiger partial charge in [-0.05, 0) is 79.1 Å². The van der Waals surface area contributed by atoms with Crippen molar-refractivity contribution in [2.45, 2.75) is 44.2 Å². The molecule has 0 unspecified atom stereocenters. The Labute approximate surface area is 256 Å². The molecular weight excluding hydrogens is 609 g/mol. The third-order valence-corrected chi connectivity index (χ3v) is 8.96. The van der Waals surface area contributed by atoms with Crippen LogP contribution in [0.3, 0.4) is 0 Å². The maximum atomic E-state index is 14.1. The summed E-state index contributed by atoms with van der Waals surface area (Å²) in [6, 6.07) is 15.9. The fourth-order valence-electron chi connectivity index (χ4n) is 4.13. The molecule has 0 fully saturated rings. The summed E-state index contributed by atoms with van der Waals surface area (Å²) in [4.78, 5) is 28.5. The molecule has 0 aromatic heterocycles. The van der Waals surface area contributed by atoms with Crippen LogP contribution in [0, 0.1) is 0 Å². The molecule has 220 valence electrons. The Hall–Kier alpha value is -2.98. The lowest BCUT2D eigenvalue weighted by atomic mass is 10.1. The van der Waals surface area contributed by atoms with Gasteiger partial charge >= 0.3 is 0 Å². The molecule has 0 radical (unpaired) electrons. The summed E-state index contributed by atoms with van der Waals surface area (Å²) in [5.41, 5.74) is 0.786. The first kappa shape index (κ1) is 32.5. The topological polar surface area (TPSA) is 96.0 Å². The Kier molecular flexibility index (Phi) is 11.7. The first-order valence-electron chi connectivity index (χ1n) is 12.9. The number of hydrogen-bond donors (Lipinski definition) is 1. The number of carbonyl (C=O) groups excluding carboxylic acids is 2. The van der Waals surface area contributed by atoms with Crippen LogP contribution in [-0.4, -0.2) is 51.4 Å². The molecule has 1 N–H and O–H groups in total. The lowest BCUT2D eigenvalue weighted by Gasteiger charge is -2.33. The molecule has 1 atom stereocenters. The Morgan fingerprint density at radius 1 is 0.927 bits per heavy atom. The van der Waals surface area contributed by atoms with Gasteiger partial charge in [0.25, 0.3) is 10.0 Å². The van der Waals surface area contributed by atoms with Crippen molar-refractivity contribution in [3.05, 3.63) is 87.4 Å². The number of methoxy groups -OCH3 is 1. The molecular formula is C29H32Cl3N3O5S. The molecule has 0 aliphatic heterocycles. The summed E-state index contributed by atoms with van der Waals surface area (Å²) in [6.45, 7) is 3.52. The maximum absolute atomic E-state index is 14.1. The van der Waals surface area contributed by atoms with E-state index in [0.29, 0.717) is 45.8 Å². The van der Waals surface area contributed by atoms with Gasteiger partial charge in [0, 0.05) is 28.2 Å². The molecule has 0 spiro atoms. The van der Waals surface area contributed by atoms with Crippen LogP contribution < -0.4 is 14.4 Å². The number of benzene rings is 3. The van der Waals surface area contributed by atoms with Gasteiger partial charge in [0.2, 0.25) is 11.8 Å². The Morgan fingerprint density at radius 2 is 1.56 bits per heavy atom. The number of hydrogen-bond acceptors (Lipinski definition) is 5. The molecule has 41 heavy (non-hydrogen) atoms. The Morgan fingerprint density at radius 3 is 2.12 bits per heavy atom. The molecule has 0 bridgehead atoms. The monoisotopic (exact) mass is 639 g/mol. The average Bonchev–Trinajstić information content (AvgIpc) is 2.96. The van der Waals surface area contributed by atoms with Gasteiger partial charge in [-0.15, -0.1) is 0 Å². The van der Waals surface area contributed by atoms with E-state index < -0.39 is 28.5 Å². The molecule has 0 heterocycles. The van der Waals surface area contributed by atoms with Crippen LogP contribution in [0.2, 0.25) is 15.1 Å². The zero-order valence-electron chi connectivity index (χ0n) is 22.9. The van der Waals surface area contributed by atoms with Crippen LogP contribution in [0.15, 0.2) is 71.6 Å². The number of carbonyl (C=O) groups is 2. The smallest absolute Gasteiger partial charge is 0.264 e. The summed E-state index contributed by atoms with van der Waals surface area (Å²) < 4.78 is 34.0. The van der Waals surface area contributed by atoms with Crippen molar-refractivity contribution in [2.75, 3.05) is 24.5 Å². The van der Waals surface area contributed by atoms with E-state index in [2.05, 4.69) is 5.32 Å². The lowest BCUT2D eigenvalue weighted by Crippen LogP contribution is -2.52. The Bertz CT molecular complexity index is 1450. The van der Waals surface area contributed by atoms with E-state index in [1.807, 2.05) is 6.92 Å². The number of nitrogens with one attached hydrogen (secondary N) is 1. The van der Waals surface area contributed by atoms with Crippen molar-refractivity contribution in [2.24, 2.45) is 0 Å². The van der Waals surface area contributed by atoms with Crippen molar-refractivity contribution in [1.29, 1.82) is 0 Å². The SMILES string of the molecule is CCCNC(=O)[C@@H](CC)N(Cc1ccc(Cl)cc1Cl)C(=O)CN(c1ccc(Cl)cc1)S(=O)(=O)c1ccc(OC)cc1. The van der Waals surface area contributed by atoms with E-state index in [0.717, 1.165) is 4.31 Å². The number of anilines is 1. The summed E-state index contributed by atoms with van der Waals surface area (Å²) in [5.74, 6) is -0.460. The molecule has 3 aromatic rings. The number of amides is 2. The van der Waals surface area contributed by atoms with Crippen LogP contribution in [0.4, 0.5) is 5.69 Å². The second-order valence-electron chi connectivity index (χ2n) is 9.14. The third kappa shape index (κ3) is 8.29. The van der Waals surface area contributed by atoms with Crippen molar-refractivity contribution in [3.63, 3.8) is 0 Å². The fourth-order valence-corrected chi connectivity index (χ4v) is 6.14. The van der Waals surface area contributed by atoms with Crippen LogP contribution in [-0.2, 0) is 26.2 Å². The molecule has 0 aliphatic rings. The number of rotatable bonds is 13. The largest absolute Gasteiger partial charge is 0.497 e. The molecule has 0 saturated carbocycles. The number of halogens is 3. The molecule has 8 nitrogen and oxygen atoms in total. The van der Waals surface area contributed by atoms with Gasteiger partial charge in [-0.25, -0.2) is 8.42 Å². The van der Waals surface area contributed by atoms with Crippen molar-refractivity contribution in [1.82, 2.24) is 10.2 Å². The number of ether oxygens (including phenoxy) is 1. The number of sulfonamides is 1. The second kappa shape index (κ2) is 14.8. The van der Waals surface area contributed by atoms with Gasteiger partial charge in [-0.2, -0.15) is 0 Å². The van der Waals surface area contributed by atoms with E-state index >= 15 is 0 Å². The summed E-state index contributed by atoms with van der Waals surface area (Å²) in [7, 11) is -2.75. The summed E-state index contributed by atoms with van der Waals surface area (Å²) >= 11 is 18.6. The molecule has 2 amide bonds. The normalized spacial score (nSPS) is 12.0. The highest BCUT2D eigenvalue weighted by molar-refractivity contribution is 7.92. The second-order valence-corrected chi connectivity index (χ2v) is 12.3. The van der Waals surface area contributed by atoms with Gasteiger partial charge in [-0.3, -0.25) is 13.9 Å². The molecule has 12 heteroatoms. The third-order valence-electron chi connectivity index (χ3n) is 6.33. The van der Waals surface area contributed by atoms with Crippen LogP contribution in [0.5, 0.6) is 5.75 Å². The van der Waals surface area contributed by atoms with Crippen molar-refractivity contribution in [3.8, 4) is 5.75 Å². The minimum absolute atomic E-state index is 0.0378. The summed E-state index contributed by atoms with van der Waals surface area (Å²) in [6.07, 6.45) is 1.00. The minimum atomic E-state index is -4.23. The summed E-state index contributed by atoms with van der Waals surface area (Å²) in [5, 5.41) is 3.98. The highest BCUT2D eigenvalue weighted by atomic mass is 35.5. The molecule has 0 aliphatic carbocycles. The zero-order chi connectivity index (χ0) is 30.2. The van der Waals surface area contributed by atoms with E-state index in [4.69, 9.17) is 39.5 Å². The first-order valence-corrected chi connectivity index (χ1v) is 15.5. The fraction of sp³-hybridized carbons (Fsp3) is 0.310. The van der Waals surface area contributed by atoms with E-state index in [-0.39, 0.29) is 23.0 Å². The predicted octanol–water partition coefficient (Wildman–Crippen LogP) is 6.18. The molecule has 3 rings (SSSR count).